The summed E-state index contributed by atoms with van der Waals surface area (Å²) in [5.41, 5.74) is 0. The third-order valence-corrected chi connectivity index (χ3v) is 2.71. The summed E-state index contributed by atoms with van der Waals surface area (Å²) in [6.07, 6.45) is 0.0256. The first-order chi connectivity index (χ1) is 9.41. The highest BCUT2D eigenvalue weighted by Gasteiger charge is 2.60. The van der Waals surface area contributed by atoms with Crippen LogP contribution in [0.4, 0.5) is 0 Å². The molecule has 1 saturated heterocycles. The first-order valence-electron chi connectivity index (χ1n) is 6.03. The molecule has 7 heteroatoms. The van der Waals surface area contributed by atoms with Crippen molar-refractivity contribution in [3.05, 3.63) is 18.4 Å². The number of esters is 2. The van der Waals surface area contributed by atoms with Crippen LogP contribution in [0.25, 0.3) is 0 Å². The predicted octanol–water partition coefficient (Wildman–Crippen LogP) is 0.719. The van der Waals surface area contributed by atoms with Gasteiger partial charge in [-0.2, -0.15) is 0 Å². The van der Waals surface area contributed by atoms with E-state index in [1.807, 2.05) is 0 Å². The van der Waals surface area contributed by atoms with Gasteiger partial charge in [-0.05, 0) is 20.8 Å². The Kier molecular flexibility index (Phi) is 5.21. The Morgan fingerprint density at radius 2 is 2.30 bits per heavy atom. The zero-order chi connectivity index (χ0) is 15.3. The number of carbonyl (C=O) groups is 2. The van der Waals surface area contributed by atoms with Crippen LogP contribution in [0.15, 0.2) is 18.4 Å². The fourth-order valence-electron chi connectivity index (χ4n) is 1.73. The third kappa shape index (κ3) is 2.96. The van der Waals surface area contributed by atoms with E-state index in [0.29, 0.717) is 6.61 Å². The second kappa shape index (κ2) is 6.47. The molecular formula is C13H16O7. The summed E-state index contributed by atoms with van der Waals surface area (Å²) in [4.78, 5) is 34.1. The molecule has 0 aromatic carbocycles. The van der Waals surface area contributed by atoms with E-state index in [2.05, 4.69) is 6.58 Å². The van der Waals surface area contributed by atoms with Crippen LogP contribution in [0.1, 0.15) is 20.8 Å². The Balaban J connectivity index is 3.13. The molecule has 1 heterocycles. The van der Waals surface area contributed by atoms with Gasteiger partial charge in [0.1, 0.15) is 5.92 Å². The Morgan fingerprint density at radius 1 is 1.65 bits per heavy atom. The van der Waals surface area contributed by atoms with Gasteiger partial charge in [0, 0.05) is 12.7 Å². The molecular weight excluding hydrogens is 268 g/mol. The van der Waals surface area contributed by atoms with E-state index < -0.39 is 29.9 Å². The lowest BCUT2D eigenvalue weighted by Crippen LogP contribution is -2.49. The van der Waals surface area contributed by atoms with Crippen LogP contribution in [0.3, 0.4) is 0 Å². The zero-order valence-electron chi connectivity index (χ0n) is 11.5. The SMILES string of the molecule is C=CC(=O)OC1(OC(C)OCC)C(=O)OC(=C=O)C1C. The van der Waals surface area contributed by atoms with E-state index in [-0.39, 0.29) is 5.76 Å². The van der Waals surface area contributed by atoms with Crippen LogP contribution in [-0.2, 0) is 33.3 Å². The van der Waals surface area contributed by atoms with Crippen molar-refractivity contribution >= 4 is 17.9 Å². The minimum atomic E-state index is -2.08. The Morgan fingerprint density at radius 3 is 2.75 bits per heavy atom. The summed E-state index contributed by atoms with van der Waals surface area (Å²) >= 11 is 0. The number of hydrogen-bond acceptors (Lipinski definition) is 7. The lowest BCUT2D eigenvalue weighted by Gasteiger charge is -2.30. The highest BCUT2D eigenvalue weighted by Crippen LogP contribution is 2.39. The molecule has 7 nitrogen and oxygen atoms in total. The van der Waals surface area contributed by atoms with Gasteiger partial charge in [0.25, 0.3) is 0 Å². The van der Waals surface area contributed by atoms with E-state index in [9.17, 15) is 14.4 Å². The van der Waals surface area contributed by atoms with Gasteiger partial charge in [-0.1, -0.05) is 6.58 Å². The molecule has 0 saturated carbocycles. The van der Waals surface area contributed by atoms with E-state index in [1.54, 1.807) is 6.92 Å². The number of hydrogen-bond donors (Lipinski definition) is 0. The van der Waals surface area contributed by atoms with Crippen LogP contribution in [0.2, 0.25) is 0 Å². The molecule has 0 N–H and O–H groups in total. The van der Waals surface area contributed by atoms with E-state index in [4.69, 9.17) is 18.9 Å². The van der Waals surface area contributed by atoms with Gasteiger partial charge in [0.2, 0.25) is 5.76 Å². The second-order valence-electron chi connectivity index (χ2n) is 4.01. The summed E-state index contributed by atoms with van der Waals surface area (Å²) < 4.78 is 20.2. The van der Waals surface area contributed by atoms with Crippen molar-refractivity contribution in [2.75, 3.05) is 6.61 Å². The predicted molar refractivity (Wildman–Crippen MR) is 65.7 cm³/mol. The fraction of sp³-hybridized carbons (Fsp3) is 0.538. The lowest BCUT2D eigenvalue weighted by atomic mass is 10.0. The minimum Gasteiger partial charge on any atom is -0.417 e. The normalized spacial score (nSPS) is 26.6. The van der Waals surface area contributed by atoms with E-state index in [1.165, 1.54) is 19.8 Å². The van der Waals surface area contributed by atoms with Gasteiger partial charge in [-0.15, -0.1) is 0 Å². The maximum atomic E-state index is 12.0. The van der Waals surface area contributed by atoms with Crippen molar-refractivity contribution in [2.45, 2.75) is 32.8 Å². The van der Waals surface area contributed by atoms with Crippen molar-refractivity contribution < 1.29 is 33.3 Å². The number of carbonyl (C=O) groups excluding carboxylic acids is 3. The molecule has 0 aliphatic carbocycles. The number of ether oxygens (including phenoxy) is 4. The molecule has 0 aromatic heterocycles. The topological polar surface area (TPSA) is 88.1 Å². The first-order valence-corrected chi connectivity index (χ1v) is 6.03. The first kappa shape index (κ1) is 16.1. The quantitative estimate of drug-likeness (QED) is 0.307. The van der Waals surface area contributed by atoms with Gasteiger partial charge in [0.15, 0.2) is 12.2 Å². The molecule has 0 bridgehead atoms. The van der Waals surface area contributed by atoms with Gasteiger partial charge in [-0.3, -0.25) is 0 Å². The lowest BCUT2D eigenvalue weighted by molar-refractivity contribution is -0.287. The van der Waals surface area contributed by atoms with Crippen LogP contribution in [0, 0.1) is 5.92 Å². The van der Waals surface area contributed by atoms with Crippen molar-refractivity contribution in [1.29, 1.82) is 0 Å². The van der Waals surface area contributed by atoms with E-state index >= 15 is 0 Å². The Labute approximate surface area is 116 Å². The van der Waals surface area contributed by atoms with Gasteiger partial charge in [0.05, 0.1) is 0 Å². The smallest absolute Gasteiger partial charge is 0.386 e. The van der Waals surface area contributed by atoms with Crippen molar-refractivity contribution in [2.24, 2.45) is 5.92 Å². The molecule has 1 aliphatic rings. The van der Waals surface area contributed by atoms with Crippen LogP contribution in [-0.4, -0.2) is 36.6 Å². The Hall–Kier alpha value is -1.95. The minimum absolute atomic E-state index is 0.296. The molecule has 3 unspecified atom stereocenters. The zero-order valence-corrected chi connectivity index (χ0v) is 11.5. The van der Waals surface area contributed by atoms with Crippen molar-refractivity contribution in [3.63, 3.8) is 0 Å². The standard InChI is InChI=1S/C13H16O7/c1-5-11(15)20-13(19-9(4)17-6-2)8(3)10(7-14)18-12(13)16/h5,8-9H,1,6H2,2-4H3. The van der Waals surface area contributed by atoms with Crippen molar-refractivity contribution in [1.82, 2.24) is 0 Å². The summed E-state index contributed by atoms with van der Waals surface area (Å²) in [5, 5.41) is 0. The average molecular weight is 284 g/mol. The second-order valence-corrected chi connectivity index (χ2v) is 4.01. The molecule has 110 valence electrons. The maximum absolute atomic E-state index is 12.0. The molecule has 0 amide bonds. The number of cyclic esters (lactones) is 1. The largest absolute Gasteiger partial charge is 0.417 e. The summed E-state index contributed by atoms with van der Waals surface area (Å²) in [7, 11) is 0. The van der Waals surface area contributed by atoms with Crippen LogP contribution in [0.5, 0.6) is 0 Å². The van der Waals surface area contributed by atoms with Crippen molar-refractivity contribution in [3.8, 4) is 0 Å². The molecule has 1 fully saturated rings. The third-order valence-electron chi connectivity index (χ3n) is 2.71. The Bertz CT molecular complexity index is 463. The van der Waals surface area contributed by atoms with E-state index in [0.717, 1.165) is 6.08 Å². The highest BCUT2D eigenvalue weighted by molar-refractivity contribution is 5.90. The average Bonchev–Trinajstić information content (AvgIpc) is 2.63. The molecule has 0 aromatic rings. The summed E-state index contributed by atoms with van der Waals surface area (Å²) in [6, 6.07) is 0. The fourth-order valence-corrected chi connectivity index (χ4v) is 1.73. The molecule has 1 rings (SSSR count). The van der Waals surface area contributed by atoms with Crippen LogP contribution >= 0.6 is 0 Å². The molecule has 1 aliphatic heterocycles. The van der Waals surface area contributed by atoms with Gasteiger partial charge < -0.3 is 18.9 Å². The molecule has 3 atom stereocenters. The summed E-state index contributed by atoms with van der Waals surface area (Å²) in [6.45, 7) is 8.27. The van der Waals surface area contributed by atoms with Crippen LogP contribution < -0.4 is 0 Å². The highest BCUT2D eigenvalue weighted by atomic mass is 16.8. The molecule has 0 spiro atoms. The number of rotatable bonds is 6. The van der Waals surface area contributed by atoms with Gasteiger partial charge in [-0.25, -0.2) is 14.4 Å². The molecule has 0 radical (unpaired) electrons. The monoisotopic (exact) mass is 284 g/mol. The molecule has 20 heavy (non-hydrogen) atoms. The van der Waals surface area contributed by atoms with Gasteiger partial charge >= 0.3 is 17.7 Å². The summed E-state index contributed by atoms with van der Waals surface area (Å²) in [5.74, 6) is -3.73. The maximum Gasteiger partial charge on any atom is 0.386 e.